The van der Waals surface area contributed by atoms with Crippen LogP contribution in [0.4, 0.5) is 5.69 Å². The van der Waals surface area contributed by atoms with Gasteiger partial charge in [-0.15, -0.1) is 0 Å². The topological polar surface area (TPSA) is 73.6 Å². The number of nitrogens with one attached hydrogen (secondary N) is 1. The molecule has 5 nitrogen and oxygen atoms in total. The van der Waals surface area contributed by atoms with Crippen LogP contribution < -0.4 is 15.8 Å². The number of aryl methyl sites for hydroxylation is 1. The lowest BCUT2D eigenvalue weighted by atomic mass is 9.99. The van der Waals surface area contributed by atoms with Crippen molar-refractivity contribution in [2.45, 2.75) is 18.9 Å². The molecule has 1 fully saturated rings. The van der Waals surface area contributed by atoms with Gasteiger partial charge >= 0.3 is 0 Å². The molecule has 1 aromatic carbocycles. The fourth-order valence-electron chi connectivity index (χ4n) is 1.94. The van der Waals surface area contributed by atoms with Crippen molar-refractivity contribution in [3.63, 3.8) is 0 Å². The molecule has 1 heterocycles. The Morgan fingerprint density at radius 3 is 2.89 bits per heavy atom. The number of hydrogen-bond acceptors (Lipinski definition) is 4. The van der Waals surface area contributed by atoms with E-state index in [9.17, 15) is 4.79 Å². The number of hydrogen-bond donors (Lipinski definition) is 2. The molecule has 1 saturated heterocycles. The third kappa shape index (κ3) is 2.83. The minimum atomic E-state index is -0.974. The lowest BCUT2D eigenvalue weighted by molar-refractivity contribution is -0.121. The van der Waals surface area contributed by atoms with E-state index in [1.54, 1.807) is 12.1 Å². The molecular formula is C13H17ClN2O3. The molecular weight excluding hydrogens is 268 g/mol. The summed E-state index contributed by atoms with van der Waals surface area (Å²) < 4.78 is 10.4. The van der Waals surface area contributed by atoms with E-state index in [2.05, 4.69) is 5.32 Å². The molecule has 104 valence electrons. The van der Waals surface area contributed by atoms with Crippen molar-refractivity contribution in [3.8, 4) is 5.75 Å². The maximum atomic E-state index is 12.2. The van der Waals surface area contributed by atoms with Crippen LogP contribution in [0.25, 0.3) is 0 Å². The molecule has 6 heteroatoms. The summed E-state index contributed by atoms with van der Waals surface area (Å²) in [5.74, 6) is 0.233. The predicted octanol–water partition coefficient (Wildman–Crippen LogP) is 1.71. The van der Waals surface area contributed by atoms with Gasteiger partial charge in [0.05, 0.1) is 19.4 Å². The number of amides is 1. The van der Waals surface area contributed by atoms with Gasteiger partial charge in [-0.2, -0.15) is 0 Å². The Bertz CT molecular complexity index is 499. The van der Waals surface area contributed by atoms with Crippen LogP contribution in [0.1, 0.15) is 12.0 Å². The Balaban J connectivity index is 2.23. The monoisotopic (exact) mass is 284 g/mol. The van der Waals surface area contributed by atoms with Gasteiger partial charge in [-0.25, -0.2) is 0 Å². The number of rotatable bonds is 3. The summed E-state index contributed by atoms with van der Waals surface area (Å²) in [4.78, 5) is 12.2. The van der Waals surface area contributed by atoms with Gasteiger partial charge in [-0.3, -0.25) is 4.79 Å². The quantitative estimate of drug-likeness (QED) is 0.886. The highest BCUT2D eigenvalue weighted by atomic mass is 35.5. The SMILES string of the molecule is COc1cc(Cl)c(C)cc1NC(=O)C1(N)CCOC1. The lowest BCUT2D eigenvalue weighted by Crippen LogP contribution is -2.51. The van der Waals surface area contributed by atoms with Crippen molar-refractivity contribution in [2.75, 3.05) is 25.6 Å². The number of halogens is 1. The molecule has 1 unspecified atom stereocenters. The maximum absolute atomic E-state index is 12.2. The van der Waals surface area contributed by atoms with Crippen molar-refractivity contribution >= 4 is 23.2 Å². The van der Waals surface area contributed by atoms with E-state index in [0.29, 0.717) is 29.5 Å². The number of ether oxygens (including phenoxy) is 2. The predicted molar refractivity (Wildman–Crippen MR) is 73.7 cm³/mol. The number of methoxy groups -OCH3 is 1. The second-order valence-electron chi connectivity index (χ2n) is 4.71. The molecule has 2 rings (SSSR count). The first-order valence-corrected chi connectivity index (χ1v) is 6.36. The zero-order valence-electron chi connectivity index (χ0n) is 11.0. The summed E-state index contributed by atoms with van der Waals surface area (Å²) in [6.07, 6.45) is 0.508. The number of anilines is 1. The van der Waals surface area contributed by atoms with E-state index in [-0.39, 0.29) is 12.5 Å². The van der Waals surface area contributed by atoms with Gasteiger partial charge in [-0.1, -0.05) is 11.6 Å². The molecule has 1 amide bonds. The van der Waals surface area contributed by atoms with Crippen LogP contribution in [-0.4, -0.2) is 31.8 Å². The van der Waals surface area contributed by atoms with Crippen molar-refractivity contribution in [1.82, 2.24) is 0 Å². The fraction of sp³-hybridized carbons (Fsp3) is 0.462. The first-order valence-electron chi connectivity index (χ1n) is 5.98. The van der Waals surface area contributed by atoms with Gasteiger partial charge in [-0.05, 0) is 25.0 Å². The number of carbonyl (C=O) groups excluding carboxylic acids is 1. The molecule has 19 heavy (non-hydrogen) atoms. The average molecular weight is 285 g/mol. The van der Waals surface area contributed by atoms with Gasteiger partial charge < -0.3 is 20.5 Å². The smallest absolute Gasteiger partial charge is 0.247 e. The average Bonchev–Trinajstić information content (AvgIpc) is 2.82. The van der Waals surface area contributed by atoms with E-state index in [1.165, 1.54) is 7.11 Å². The van der Waals surface area contributed by atoms with Crippen LogP contribution in [0.5, 0.6) is 5.75 Å². The van der Waals surface area contributed by atoms with Crippen LogP contribution >= 0.6 is 11.6 Å². The Hall–Kier alpha value is -1.30. The van der Waals surface area contributed by atoms with Crippen molar-refractivity contribution in [2.24, 2.45) is 5.73 Å². The van der Waals surface area contributed by atoms with Gasteiger partial charge in [0.1, 0.15) is 11.3 Å². The summed E-state index contributed by atoms with van der Waals surface area (Å²) >= 11 is 6.02. The highest BCUT2D eigenvalue weighted by Gasteiger charge is 2.38. The third-order valence-electron chi connectivity index (χ3n) is 3.23. The molecule has 1 aliphatic heterocycles. The minimum Gasteiger partial charge on any atom is -0.495 e. The largest absolute Gasteiger partial charge is 0.495 e. The van der Waals surface area contributed by atoms with Crippen LogP contribution in [0.15, 0.2) is 12.1 Å². The second kappa shape index (κ2) is 5.36. The molecule has 1 atom stereocenters. The van der Waals surface area contributed by atoms with Crippen LogP contribution in [0, 0.1) is 6.92 Å². The molecule has 0 bridgehead atoms. The normalized spacial score (nSPS) is 22.3. The molecule has 0 radical (unpaired) electrons. The van der Waals surface area contributed by atoms with Crippen LogP contribution in [0.2, 0.25) is 5.02 Å². The highest BCUT2D eigenvalue weighted by molar-refractivity contribution is 6.31. The zero-order valence-corrected chi connectivity index (χ0v) is 11.7. The number of benzene rings is 1. The minimum absolute atomic E-state index is 0.230. The molecule has 1 aromatic rings. The van der Waals surface area contributed by atoms with Gasteiger partial charge in [0.25, 0.3) is 0 Å². The molecule has 0 aromatic heterocycles. The molecule has 1 aliphatic rings. The standard InChI is InChI=1S/C13H17ClN2O3/c1-8-5-10(11(18-2)6-9(8)14)16-12(17)13(15)3-4-19-7-13/h5-6H,3-4,7,15H2,1-2H3,(H,16,17). The summed E-state index contributed by atoms with van der Waals surface area (Å²) in [5.41, 5.74) is 6.45. The van der Waals surface area contributed by atoms with Gasteiger partial charge in [0.15, 0.2) is 0 Å². The number of nitrogens with two attached hydrogens (primary N) is 1. The molecule has 0 spiro atoms. The highest BCUT2D eigenvalue weighted by Crippen LogP contribution is 2.31. The van der Waals surface area contributed by atoms with E-state index in [1.807, 2.05) is 6.92 Å². The summed E-state index contributed by atoms with van der Waals surface area (Å²) in [5, 5.41) is 3.37. The number of carbonyl (C=O) groups is 1. The second-order valence-corrected chi connectivity index (χ2v) is 5.12. The Kier molecular flexibility index (Phi) is 3.99. The summed E-state index contributed by atoms with van der Waals surface area (Å²) in [6.45, 7) is 2.59. The van der Waals surface area contributed by atoms with Crippen molar-refractivity contribution < 1.29 is 14.3 Å². The van der Waals surface area contributed by atoms with E-state index >= 15 is 0 Å². The lowest BCUT2D eigenvalue weighted by Gasteiger charge is -2.21. The Morgan fingerprint density at radius 1 is 1.58 bits per heavy atom. The Labute approximate surface area is 117 Å². The molecule has 0 saturated carbocycles. The van der Waals surface area contributed by atoms with Gasteiger partial charge in [0, 0.05) is 17.7 Å². The Morgan fingerprint density at radius 2 is 2.32 bits per heavy atom. The fourth-order valence-corrected chi connectivity index (χ4v) is 2.09. The molecule has 0 aliphatic carbocycles. The van der Waals surface area contributed by atoms with Gasteiger partial charge in [0.2, 0.25) is 5.91 Å². The maximum Gasteiger partial charge on any atom is 0.247 e. The van der Waals surface area contributed by atoms with Crippen molar-refractivity contribution in [1.29, 1.82) is 0 Å². The first-order chi connectivity index (χ1) is 8.96. The van der Waals surface area contributed by atoms with Crippen LogP contribution in [0.3, 0.4) is 0 Å². The third-order valence-corrected chi connectivity index (χ3v) is 3.64. The van der Waals surface area contributed by atoms with Crippen LogP contribution in [-0.2, 0) is 9.53 Å². The van der Waals surface area contributed by atoms with E-state index in [4.69, 9.17) is 26.8 Å². The zero-order chi connectivity index (χ0) is 14.0. The molecule has 3 N–H and O–H groups in total. The first kappa shape index (κ1) is 14.1. The summed E-state index contributed by atoms with van der Waals surface area (Å²) in [7, 11) is 1.52. The van der Waals surface area contributed by atoms with Crippen molar-refractivity contribution in [3.05, 3.63) is 22.7 Å². The van der Waals surface area contributed by atoms with E-state index in [0.717, 1.165) is 5.56 Å². The van der Waals surface area contributed by atoms with E-state index < -0.39 is 5.54 Å². The summed E-state index contributed by atoms with van der Waals surface area (Å²) in [6, 6.07) is 3.43.